The summed E-state index contributed by atoms with van der Waals surface area (Å²) in [6, 6.07) is 6.02. The first kappa shape index (κ1) is 15.6. The summed E-state index contributed by atoms with van der Waals surface area (Å²) in [6.45, 7) is 5.70. The van der Waals surface area contributed by atoms with Gasteiger partial charge in [0, 0.05) is 18.8 Å². The van der Waals surface area contributed by atoms with Crippen molar-refractivity contribution in [2.75, 3.05) is 23.4 Å². The quantitative estimate of drug-likeness (QED) is 0.605. The minimum absolute atomic E-state index is 0.667. The van der Waals surface area contributed by atoms with Crippen LogP contribution in [0.3, 0.4) is 0 Å². The topological polar surface area (TPSA) is 62.7 Å². The molecule has 2 aromatic heterocycles. The van der Waals surface area contributed by atoms with Gasteiger partial charge in [0.1, 0.15) is 11.6 Å². The Bertz CT molecular complexity index is 588. The Morgan fingerprint density at radius 3 is 2.57 bits per heavy atom. The molecular weight excluding hydrogens is 282 g/mol. The predicted octanol–water partition coefficient (Wildman–Crippen LogP) is 3.20. The zero-order valence-corrected chi connectivity index (χ0v) is 13.5. The summed E-state index contributed by atoms with van der Waals surface area (Å²) in [7, 11) is 0. The van der Waals surface area contributed by atoms with Gasteiger partial charge in [0.05, 0.1) is 12.2 Å². The normalized spacial score (nSPS) is 10.4. The molecule has 0 atom stereocenters. The Hall–Kier alpha value is -1.82. The van der Waals surface area contributed by atoms with E-state index in [4.69, 9.17) is 0 Å². The van der Waals surface area contributed by atoms with Crippen molar-refractivity contribution in [3.05, 3.63) is 35.7 Å². The second kappa shape index (κ2) is 7.83. The lowest BCUT2D eigenvalue weighted by molar-refractivity contribution is 0.926. The van der Waals surface area contributed by atoms with Gasteiger partial charge in [0.2, 0.25) is 0 Å². The van der Waals surface area contributed by atoms with E-state index in [2.05, 4.69) is 45.5 Å². The Balaban J connectivity index is 2.13. The third-order valence-corrected chi connectivity index (χ3v) is 3.60. The third-order valence-electron chi connectivity index (χ3n) is 3.05. The number of hydrogen-bond donors (Lipinski definition) is 2. The van der Waals surface area contributed by atoms with E-state index >= 15 is 0 Å². The lowest BCUT2D eigenvalue weighted by Crippen LogP contribution is -2.08. The van der Waals surface area contributed by atoms with Crippen molar-refractivity contribution >= 4 is 23.4 Å². The van der Waals surface area contributed by atoms with Crippen molar-refractivity contribution in [1.29, 1.82) is 0 Å². The Morgan fingerprint density at radius 1 is 1.14 bits per heavy atom. The first-order valence-electron chi connectivity index (χ1n) is 7.10. The lowest BCUT2D eigenvalue weighted by Gasteiger charge is -2.11. The molecule has 2 N–H and O–H groups in total. The van der Waals surface area contributed by atoms with Crippen molar-refractivity contribution in [3.8, 4) is 0 Å². The van der Waals surface area contributed by atoms with E-state index in [1.54, 1.807) is 0 Å². The summed E-state index contributed by atoms with van der Waals surface area (Å²) in [4.78, 5) is 13.3. The second-order valence-corrected chi connectivity index (χ2v) is 5.25. The predicted molar refractivity (Wildman–Crippen MR) is 88.9 cm³/mol. The van der Waals surface area contributed by atoms with Crippen LogP contribution in [0.4, 0.5) is 11.6 Å². The van der Waals surface area contributed by atoms with Gasteiger partial charge in [-0.05, 0) is 31.2 Å². The van der Waals surface area contributed by atoms with Crippen LogP contribution in [0.15, 0.2) is 29.6 Å². The molecule has 0 spiro atoms. The average molecular weight is 303 g/mol. The van der Waals surface area contributed by atoms with Gasteiger partial charge < -0.3 is 10.6 Å². The maximum absolute atomic E-state index is 4.48. The number of aryl methyl sites for hydroxylation is 1. The summed E-state index contributed by atoms with van der Waals surface area (Å²) in [6.07, 6.45) is 4.78. The zero-order valence-electron chi connectivity index (χ0n) is 12.7. The zero-order chi connectivity index (χ0) is 15.1. The molecule has 0 aliphatic heterocycles. The molecule has 0 aliphatic carbocycles. The fourth-order valence-electron chi connectivity index (χ4n) is 2.01. The van der Waals surface area contributed by atoms with Gasteiger partial charge in [-0.1, -0.05) is 24.8 Å². The Morgan fingerprint density at radius 2 is 1.90 bits per heavy atom. The molecule has 0 saturated carbocycles. The maximum atomic E-state index is 4.48. The summed E-state index contributed by atoms with van der Waals surface area (Å²) >= 11 is 1.53. The highest BCUT2D eigenvalue weighted by Gasteiger charge is 2.05. The SMILES string of the molecule is CCNc1cc(NCc2ncccc2CC)nc(SC)n1. The van der Waals surface area contributed by atoms with Crippen LogP contribution in [-0.4, -0.2) is 27.8 Å². The van der Waals surface area contributed by atoms with Gasteiger partial charge in [-0.2, -0.15) is 0 Å². The van der Waals surface area contributed by atoms with Gasteiger partial charge in [-0.3, -0.25) is 4.98 Å². The van der Waals surface area contributed by atoms with Gasteiger partial charge in [-0.15, -0.1) is 0 Å². The number of aromatic nitrogens is 3. The number of rotatable bonds is 7. The van der Waals surface area contributed by atoms with Crippen LogP contribution in [0, 0.1) is 0 Å². The highest BCUT2D eigenvalue weighted by Crippen LogP contribution is 2.18. The Kier molecular flexibility index (Phi) is 5.80. The molecule has 0 amide bonds. The van der Waals surface area contributed by atoms with E-state index < -0.39 is 0 Å². The van der Waals surface area contributed by atoms with Gasteiger partial charge in [-0.25, -0.2) is 9.97 Å². The van der Waals surface area contributed by atoms with E-state index in [-0.39, 0.29) is 0 Å². The Labute approximate surface area is 130 Å². The molecule has 0 radical (unpaired) electrons. The molecule has 0 fully saturated rings. The highest BCUT2D eigenvalue weighted by molar-refractivity contribution is 7.98. The molecule has 2 rings (SSSR count). The summed E-state index contributed by atoms with van der Waals surface area (Å²) < 4.78 is 0. The first-order valence-corrected chi connectivity index (χ1v) is 8.32. The monoisotopic (exact) mass is 303 g/mol. The van der Waals surface area contributed by atoms with E-state index in [9.17, 15) is 0 Å². The molecule has 0 saturated heterocycles. The van der Waals surface area contributed by atoms with Crippen LogP contribution in [0.5, 0.6) is 0 Å². The van der Waals surface area contributed by atoms with Crippen molar-refractivity contribution in [2.24, 2.45) is 0 Å². The molecule has 0 unspecified atom stereocenters. The van der Waals surface area contributed by atoms with E-state index in [0.29, 0.717) is 6.54 Å². The smallest absolute Gasteiger partial charge is 0.191 e. The number of anilines is 2. The summed E-state index contributed by atoms with van der Waals surface area (Å²) in [5.74, 6) is 1.66. The van der Waals surface area contributed by atoms with Gasteiger partial charge >= 0.3 is 0 Å². The largest absolute Gasteiger partial charge is 0.370 e. The molecule has 2 aromatic rings. The first-order chi connectivity index (χ1) is 10.3. The fraction of sp³-hybridized carbons (Fsp3) is 0.400. The molecule has 0 aliphatic rings. The molecule has 6 heteroatoms. The number of nitrogens with zero attached hydrogens (tertiary/aromatic N) is 3. The number of nitrogens with one attached hydrogen (secondary N) is 2. The van der Waals surface area contributed by atoms with Crippen molar-refractivity contribution in [2.45, 2.75) is 32.0 Å². The fourth-order valence-corrected chi connectivity index (χ4v) is 2.38. The van der Waals surface area contributed by atoms with Crippen LogP contribution in [-0.2, 0) is 13.0 Å². The second-order valence-electron chi connectivity index (χ2n) is 4.47. The average Bonchev–Trinajstić information content (AvgIpc) is 2.53. The number of hydrogen-bond acceptors (Lipinski definition) is 6. The van der Waals surface area contributed by atoms with Crippen molar-refractivity contribution in [3.63, 3.8) is 0 Å². The minimum Gasteiger partial charge on any atom is -0.370 e. The standard InChI is InChI=1S/C15H21N5S/c1-4-11-7-6-8-17-12(11)10-18-14-9-13(16-5-2)19-15(20-14)21-3/h6-9H,4-5,10H2,1-3H3,(H2,16,18,19,20). The van der Waals surface area contributed by atoms with E-state index in [1.165, 1.54) is 17.3 Å². The minimum atomic E-state index is 0.667. The molecule has 0 bridgehead atoms. The van der Waals surface area contributed by atoms with Gasteiger partial charge in [0.15, 0.2) is 5.16 Å². The highest BCUT2D eigenvalue weighted by atomic mass is 32.2. The van der Waals surface area contributed by atoms with Crippen LogP contribution in [0.1, 0.15) is 25.1 Å². The maximum Gasteiger partial charge on any atom is 0.191 e. The van der Waals surface area contributed by atoms with Crippen LogP contribution >= 0.6 is 11.8 Å². The molecule has 21 heavy (non-hydrogen) atoms. The number of pyridine rings is 1. The molecule has 112 valence electrons. The third kappa shape index (κ3) is 4.32. The molecular formula is C15H21N5S. The van der Waals surface area contributed by atoms with Crippen LogP contribution in [0.25, 0.3) is 0 Å². The van der Waals surface area contributed by atoms with Crippen LogP contribution in [0.2, 0.25) is 0 Å². The molecule has 0 aromatic carbocycles. The van der Waals surface area contributed by atoms with Crippen LogP contribution < -0.4 is 10.6 Å². The van der Waals surface area contributed by atoms with E-state index in [1.807, 2.05) is 24.6 Å². The van der Waals surface area contributed by atoms with Gasteiger partial charge in [0.25, 0.3) is 0 Å². The van der Waals surface area contributed by atoms with E-state index in [0.717, 1.165) is 35.5 Å². The molecule has 5 nitrogen and oxygen atoms in total. The summed E-state index contributed by atoms with van der Waals surface area (Å²) in [5, 5.41) is 7.32. The molecule has 2 heterocycles. The van der Waals surface area contributed by atoms with Crippen molar-refractivity contribution in [1.82, 2.24) is 15.0 Å². The summed E-state index contributed by atoms with van der Waals surface area (Å²) in [5.41, 5.74) is 2.32. The number of thioether (sulfide) groups is 1. The lowest BCUT2D eigenvalue weighted by atomic mass is 10.1. The van der Waals surface area contributed by atoms with Crippen molar-refractivity contribution < 1.29 is 0 Å².